The maximum Gasteiger partial charge on any atom is 0.164 e. The van der Waals surface area contributed by atoms with Crippen molar-refractivity contribution in [3.8, 4) is 45.3 Å². The molecule has 1 aliphatic rings. The Morgan fingerprint density at radius 1 is 0.529 bits per heavy atom. The van der Waals surface area contributed by atoms with Gasteiger partial charge >= 0.3 is 0 Å². The summed E-state index contributed by atoms with van der Waals surface area (Å²) in [6, 6.07) is 32.8. The molecule has 0 N–H and O–H groups in total. The van der Waals surface area contributed by atoms with Crippen LogP contribution in [-0.4, -0.2) is 15.0 Å². The lowest BCUT2D eigenvalue weighted by atomic mass is 9.82. The van der Waals surface area contributed by atoms with Crippen LogP contribution in [0, 0.1) is 0 Å². The van der Waals surface area contributed by atoms with Gasteiger partial charge in [0.05, 0.1) is 0 Å². The lowest BCUT2D eigenvalue weighted by Crippen LogP contribution is -2.15. The highest BCUT2D eigenvalue weighted by Crippen LogP contribution is 2.49. The highest BCUT2D eigenvalue weighted by molar-refractivity contribution is 6.30. The van der Waals surface area contributed by atoms with Crippen LogP contribution in [0.4, 0.5) is 0 Å². The molecule has 0 fully saturated rings. The molecular formula is C30H22ClN3. The van der Waals surface area contributed by atoms with Gasteiger partial charge in [-0.25, -0.2) is 15.0 Å². The molecule has 0 spiro atoms. The Balaban J connectivity index is 1.54. The van der Waals surface area contributed by atoms with Crippen LogP contribution in [0.5, 0.6) is 0 Å². The van der Waals surface area contributed by atoms with E-state index in [1.54, 1.807) is 0 Å². The van der Waals surface area contributed by atoms with E-state index < -0.39 is 0 Å². The molecule has 0 saturated carbocycles. The van der Waals surface area contributed by atoms with Crippen molar-refractivity contribution in [2.75, 3.05) is 0 Å². The highest BCUT2D eigenvalue weighted by atomic mass is 35.5. The highest BCUT2D eigenvalue weighted by Gasteiger charge is 2.35. The van der Waals surface area contributed by atoms with Gasteiger partial charge in [-0.1, -0.05) is 104 Å². The molecule has 3 nitrogen and oxygen atoms in total. The minimum Gasteiger partial charge on any atom is -0.208 e. The van der Waals surface area contributed by atoms with Gasteiger partial charge in [-0.05, 0) is 40.5 Å². The number of fused-ring (bicyclic) bond motifs is 3. The van der Waals surface area contributed by atoms with E-state index in [9.17, 15) is 0 Å². The van der Waals surface area contributed by atoms with E-state index in [1.165, 1.54) is 22.3 Å². The van der Waals surface area contributed by atoms with E-state index in [2.05, 4.69) is 56.3 Å². The van der Waals surface area contributed by atoms with E-state index in [0.29, 0.717) is 22.5 Å². The lowest BCUT2D eigenvalue weighted by Gasteiger charge is -2.21. The van der Waals surface area contributed by atoms with E-state index in [4.69, 9.17) is 26.6 Å². The van der Waals surface area contributed by atoms with Crippen LogP contribution in [0.25, 0.3) is 45.3 Å². The molecule has 0 aliphatic heterocycles. The summed E-state index contributed by atoms with van der Waals surface area (Å²) in [5.41, 5.74) is 7.91. The van der Waals surface area contributed by atoms with Crippen LogP contribution >= 0.6 is 11.6 Å². The molecular weight excluding hydrogens is 438 g/mol. The van der Waals surface area contributed by atoms with Crippen LogP contribution in [0.2, 0.25) is 5.02 Å². The molecule has 0 saturated heterocycles. The number of hydrogen-bond acceptors (Lipinski definition) is 3. The molecule has 164 valence electrons. The van der Waals surface area contributed by atoms with Crippen LogP contribution in [-0.2, 0) is 5.41 Å². The van der Waals surface area contributed by atoms with Gasteiger partial charge in [0.15, 0.2) is 17.5 Å². The first-order valence-corrected chi connectivity index (χ1v) is 11.7. The minimum atomic E-state index is -0.0903. The number of nitrogens with zero attached hydrogens (tertiary/aromatic N) is 3. The second-order valence-electron chi connectivity index (χ2n) is 9.11. The van der Waals surface area contributed by atoms with Crippen molar-refractivity contribution in [3.63, 3.8) is 0 Å². The predicted molar refractivity (Wildman–Crippen MR) is 139 cm³/mol. The summed E-state index contributed by atoms with van der Waals surface area (Å²) in [5.74, 6) is 1.90. The van der Waals surface area contributed by atoms with Gasteiger partial charge in [0.25, 0.3) is 0 Å². The van der Waals surface area contributed by atoms with E-state index >= 15 is 0 Å². The van der Waals surface area contributed by atoms with Crippen molar-refractivity contribution < 1.29 is 0 Å². The monoisotopic (exact) mass is 459 g/mol. The number of halogens is 1. The van der Waals surface area contributed by atoms with Crippen LogP contribution in [0.1, 0.15) is 25.0 Å². The van der Waals surface area contributed by atoms with E-state index in [1.807, 2.05) is 54.6 Å². The Morgan fingerprint density at radius 3 is 1.85 bits per heavy atom. The standard InChI is InChI=1S/C30H22ClN3/c1-30(2)25-14-7-6-13-23(25)24-16-15-21(18-26(24)30)29-33-27(19-9-4-3-5-10-19)32-28(34-29)20-11-8-12-22(31)17-20/h3-18H,1-2H3. The first-order valence-electron chi connectivity index (χ1n) is 11.3. The van der Waals surface area contributed by atoms with E-state index in [0.717, 1.165) is 16.7 Å². The van der Waals surface area contributed by atoms with Crippen LogP contribution in [0.15, 0.2) is 97.1 Å². The van der Waals surface area contributed by atoms with Crippen molar-refractivity contribution in [2.24, 2.45) is 0 Å². The largest absolute Gasteiger partial charge is 0.208 e. The molecule has 1 aromatic heterocycles. The van der Waals surface area contributed by atoms with Gasteiger partial charge in [0.1, 0.15) is 0 Å². The smallest absolute Gasteiger partial charge is 0.164 e. The van der Waals surface area contributed by atoms with Crippen molar-refractivity contribution in [1.82, 2.24) is 15.0 Å². The van der Waals surface area contributed by atoms with Gasteiger partial charge in [0, 0.05) is 27.1 Å². The molecule has 0 amide bonds. The molecule has 0 unspecified atom stereocenters. The van der Waals surface area contributed by atoms with Crippen LogP contribution < -0.4 is 0 Å². The van der Waals surface area contributed by atoms with Crippen molar-refractivity contribution in [3.05, 3.63) is 113 Å². The Morgan fingerprint density at radius 2 is 1.12 bits per heavy atom. The van der Waals surface area contributed by atoms with Gasteiger partial charge in [-0.3, -0.25) is 0 Å². The van der Waals surface area contributed by atoms with Gasteiger partial charge in [-0.2, -0.15) is 0 Å². The maximum absolute atomic E-state index is 6.28. The SMILES string of the molecule is CC1(C)c2ccccc2-c2ccc(-c3nc(-c4ccccc4)nc(-c4cccc(Cl)c4)n3)cc21. The molecule has 1 heterocycles. The zero-order chi connectivity index (χ0) is 23.3. The average molecular weight is 460 g/mol. The van der Waals surface area contributed by atoms with Crippen molar-refractivity contribution in [1.29, 1.82) is 0 Å². The Labute approximate surface area is 204 Å². The quantitative estimate of drug-likeness (QED) is 0.276. The molecule has 0 radical (unpaired) electrons. The average Bonchev–Trinajstić information content (AvgIpc) is 3.11. The second kappa shape index (κ2) is 7.89. The zero-order valence-corrected chi connectivity index (χ0v) is 19.7. The molecule has 34 heavy (non-hydrogen) atoms. The first-order chi connectivity index (χ1) is 16.5. The van der Waals surface area contributed by atoms with Gasteiger partial charge in [0.2, 0.25) is 0 Å². The zero-order valence-electron chi connectivity index (χ0n) is 19.0. The summed E-state index contributed by atoms with van der Waals surface area (Å²) in [5, 5.41) is 0.651. The molecule has 4 heteroatoms. The van der Waals surface area contributed by atoms with Crippen molar-refractivity contribution >= 4 is 11.6 Å². The molecule has 1 aliphatic carbocycles. The van der Waals surface area contributed by atoms with Gasteiger partial charge < -0.3 is 0 Å². The lowest BCUT2D eigenvalue weighted by molar-refractivity contribution is 0.660. The molecule has 0 atom stereocenters. The summed E-state index contributed by atoms with van der Waals surface area (Å²) in [7, 11) is 0. The summed E-state index contributed by atoms with van der Waals surface area (Å²) in [6.45, 7) is 4.56. The maximum atomic E-state index is 6.28. The number of rotatable bonds is 3. The predicted octanol–water partition coefficient (Wildman–Crippen LogP) is 7.83. The minimum absolute atomic E-state index is 0.0903. The van der Waals surface area contributed by atoms with E-state index in [-0.39, 0.29) is 5.41 Å². The third-order valence-corrected chi connectivity index (χ3v) is 6.83. The fourth-order valence-electron chi connectivity index (χ4n) is 4.82. The first kappa shape index (κ1) is 20.8. The second-order valence-corrected chi connectivity index (χ2v) is 9.55. The fourth-order valence-corrected chi connectivity index (χ4v) is 5.01. The fraction of sp³-hybridized carbons (Fsp3) is 0.100. The Kier molecular flexibility index (Phi) is 4.82. The summed E-state index contributed by atoms with van der Waals surface area (Å²) in [6.07, 6.45) is 0. The normalized spacial score (nSPS) is 13.4. The molecule has 6 rings (SSSR count). The third kappa shape index (κ3) is 3.41. The topological polar surface area (TPSA) is 38.7 Å². The van der Waals surface area contributed by atoms with Gasteiger partial charge in [-0.15, -0.1) is 0 Å². The number of benzene rings is 4. The van der Waals surface area contributed by atoms with Crippen LogP contribution in [0.3, 0.4) is 0 Å². The van der Waals surface area contributed by atoms with Crippen molar-refractivity contribution in [2.45, 2.75) is 19.3 Å². The summed E-state index contributed by atoms with van der Waals surface area (Å²) < 4.78 is 0. The molecule has 5 aromatic rings. The Bertz CT molecular complexity index is 1540. The molecule has 0 bridgehead atoms. The summed E-state index contributed by atoms with van der Waals surface area (Å²) >= 11 is 6.28. The summed E-state index contributed by atoms with van der Waals surface area (Å²) in [4.78, 5) is 14.6. The number of aromatic nitrogens is 3. The Hall–Kier alpha value is -3.82. The molecule has 4 aromatic carbocycles. The number of hydrogen-bond donors (Lipinski definition) is 0. The third-order valence-electron chi connectivity index (χ3n) is 6.59.